The molecule has 0 atom stereocenters. The number of hydrogen-bond donors (Lipinski definition) is 3. The van der Waals surface area contributed by atoms with Crippen LogP contribution in [0.5, 0.6) is 5.75 Å². The molecule has 0 amide bonds. The Balaban J connectivity index is 1.77. The first-order chi connectivity index (χ1) is 14.6. The highest BCUT2D eigenvalue weighted by molar-refractivity contribution is 6.14. The number of pyridine rings is 2. The quantitative estimate of drug-likeness (QED) is 0.411. The number of rotatable bonds is 2. The molecule has 4 aromatic heterocycles. The average molecular weight is 398 g/mol. The number of aromatic nitrogens is 4. The van der Waals surface area contributed by atoms with E-state index >= 15 is 0 Å². The molecule has 8 heteroatoms. The van der Waals surface area contributed by atoms with Gasteiger partial charge >= 0.3 is 0 Å². The number of methoxy groups -OCH3 is 1. The Bertz CT molecular complexity index is 1740. The minimum absolute atomic E-state index is 0.153. The maximum Gasteiger partial charge on any atom is 0.256 e. The standard InChI is InChI=1S/C22H14N4O4/c1-29-12-4-2-10-6-14(22(28)24-16(10)8-12)18-15-9-23-26-21(15)25-19-13-5-3-11(27)7-17(13)30-20(18)19/h2-9H,1H3,(H,24,28)(H2,23,25,26). The second-order valence-electron chi connectivity index (χ2n) is 7.07. The summed E-state index contributed by atoms with van der Waals surface area (Å²) in [6.07, 6.45) is 1.74. The Hall–Kier alpha value is -4.33. The van der Waals surface area contributed by atoms with Gasteiger partial charge in [0.05, 0.1) is 18.2 Å². The van der Waals surface area contributed by atoms with Gasteiger partial charge in [-0.25, -0.2) is 4.98 Å². The molecule has 146 valence electrons. The van der Waals surface area contributed by atoms with E-state index in [9.17, 15) is 9.59 Å². The van der Waals surface area contributed by atoms with Crippen molar-refractivity contribution in [3.63, 3.8) is 0 Å². The van der Waals surface area contributed by atoms with Gasteiger partial charge in [-0.15, -0.1) is 0 Å². The van der Waals surface area contributed by atoms with Crippen LogP contribution in [0.2, 0.25) is 0 Å². The summed E-state index contributed by atoms with van der Waals surface area (Å²) in [6, 6.07) is 11.9. The highest BCUT2D eigenvalue weighted by Gasteiger charge is 2.21. The SMILES string of the molecule is COc1ccc2cc(-c3c4c[nH][nH]c4nc4c3oc3cc(=O)ccc34)c(=O)[nH]c2c1. The van der Waals surface area contributed by atoms with Gasteiger partial charge in [-0.05, 0) is 35.7 Å². The predicted octanol–water partition coefficient (Wildman–Crippen LogP) is 3.67. The molecule has 0 saturated heterocycles. The summed E-state index contributed by atoms with van der Waals surface area (Å²) in [7, 11) is 1.58. The van der Waals surface area contributed by atoms with Crippen LogP contribution in [0.3, 0.4) is 0 Å². The minimum Gasteiger partial charge on any atom is -0.497 e. The molecule has 30 heavy (non-hydrogen) atoms. The fraction of sp³-hybridized carbons (Fsp3) is 0.0455. The van der Waals surface area contributed by atoms with E-state index in [1.165, 1.54) is 12.1 Å². The molecule has 8 nitrogen and oxygen atoms in total. The van der Waals surface area contributed by atoms with Crippen LogP contribution >= 0.6 is 0 Å². The van der Waals surface area contributed by atoms with Crippen molar-refractivity contribution in [1.29, 1.82) is 0 Å². The first kappa shape index (κ1) is 16.6. The van der Waals surface area contributed by atoms with Gasteiger partial charge in [0, 0.05) is 34.7 Å². The van der Waals surface area contributed by atoms with Gasteiger partial charge in [-0.1, -0.05) is 0 Å². The Kier molecular flexibility index (Phi) is 3.23. The largest absolute Gasteiger partial charge is 0.497 e. The zero-order chi connectivity index (χ0) is 20.4. The number of H-pyrrole nitrogens is 3. The molecule has 0 fully saturated rings. The van der Waals surface area contributed by atoms with Gasteiger partial charge in [0.25, 0.3) is 5.56 Å². The van der Waals surface area contributed by atoms with Gasteiger partial charge in [0.2, 0.25) is 0 Å². The summed E-state index contributed by atoms with van der Waals surface area (Å²) < 4.78 is 11.3. The van der Waals surface area contributed by atoms with Crippen LogP contribution < -0.4 is 15.7 Å². The summed E-state index contributed by atoms with van der Waals surface area (Å²) in [4.78, 5) is 32.5. The van der Waals surface area contributed by atoms with Crippen LogP contribution in [0.15, 0.2) is 62.7 Å². The zero-order valence-electron chi connectivity index (χ0n) is 15.7. The number of hydrogen-bond acceptors (Lipinski definition) is 5. The van der Waals surface area contributed by atoms with Crippen molar-refractivity contribution in [3.8, 4) is 16.9 Å². The molecule has 0 saturated carbocycles. The van der Waals surface area contributed by atoms with E-state index in [1.54, 1.807) is 25.4 Å². The smallest absolute Gasteiger partial charge is 0.256 e. The molecule has 4 heterocycles. The summed E-state index contributed by atoms with van der Waals surface area (Å²) >= 11 is 0. The number of furan rings is 1. The van der Waals surface area contributed by atoms with Crippen molar-refractivity contribution in [1.82, 2.24) is 20.2 Å². The summed E-state index contributed by atoms with van der Waals surface area (Å²) in [5, 5.41) is 8.20. The third-order valence-corrected chi connectivity index (χ3v) is 5.34. The molecule has 0 aliphatic heterocycles. The van der Waals surface area contributed by atoms with E-state index in [1.807, 2.05) is 18.2 Å². The molecule has 0 aliphatic rings. The van der Waals surface area contributed by atoms with Crippen molar-refractivity contribution in [2.24, 2.45) is 0 Å². The van der Waals surface area contributed by atoms with Crippen LogP contribution in [-0.2, 0) is 0 Å². The van der Waals surface area contributed by atoms with Crippen molar-refractivity contribution in [3.05, 3.63) is 69.2 Å². The summed E-state index contributed by atoms with van der Waals surface area (Å²) in [5.74, 6) is 0.658. The van der Waals surface area contributed by atoms with E-state index in [4.69, 9.17) is 9.15 Å². The number of ether oxygens (including phenoxy) is 1. The average Bonchev–Trinajstić information content (AvgIpc) is 3.35. The molecule has 6 rings (SSSR count). The van der Waals surface area contributed by atoms with Crippen LogP contribution in [0.25, 0.3) is 55.1 Å². The summed E-state index contributed by atoms with van der Waals surface area (Å²) in [6.45, 7) is 0. The Morgan fingerprint density at radius 2 is 1.93 bits per heavy atom. The number of aromatic amines is 3. The van der Waals surface area contributed by atoms with E-state index < -0.39 is 0 Å². The van der Waals surface area contributed by atoms with Gasteiger partial charge in [-0.2, -0.15) is 0 Å². The number of benzene rings is 2. The zero-order valence-corrected chi connectivity index (χ0v) is 15.7. The first-order valence-corrected chi connectivity index (χ1v) is 9.26. The molecule has 0 spiro atoms. The monoisotopic (exact) mass is 398 g/mol. The normalized spacial score (nSPS) is 11.8. The molecule has 0 aliphatic carbocycles. The first-order valence-electron chi connectivity index (χ1n) is 9.26. The third-order valence-electron chi connectivity index (χ3n) is 5.34. The highest BCUT2D eigenvalue weighted by Crippen LogP contribution is 2.38. The van der Waals surface area contributed by atoms with Gasteiger partial charge in [-0.3, -0.25) is 14.7 Å². The lowest BCUT2D eigenvalue weighted by Crippen LogP contribution is -2.09. The van der Waals surface area contributed by atoms with E-state index in [-0.39, 0.29) is 11.0 Å². The van der Waals surface area contributed by atoms with Gasteiger partial charge in [0.15, 0.2) is 16.7 Å². The Labute approximate surface area is 167 Å². The molecule has 2 aromatic carbocycles. The van der Waals surface area contributed by atoms with E-state index in [2.05, 4.69) is 20.2 Å². The third kappa shape index (κ3) is 2.24. The molecular formula is C22H14N4O4. The number of fused-ring (bicyclic) bond motifs is 5. The molecule has 0 radical (unpaired) electrons. The molecule has 6 aromatic rings. The number of nitrogens with one attached hydrogen (secondary N) is 3. The maximum absolute atomic E-state index is 13.1. The van der Waals surface area contributed by atoms with Crippen LogP contribution in [0, 0.1) is 0 Å². The van der Waals surface area contributed by atoms with Crippen molar-refractivity contribution < 1.29 is 9.15 Å². The second-order valence-corrected chi connectivity index (χ2v) is 7.07. The second kappa shape index (κ2) is 5.84. The molecular weight excluding hydrogens is 384 g/mol. The van der Waals surface area contributed by atoms with Gasteiger partial charge in [0.1, 0.15) is 16.8 Å². The number of nitrogens with zero attached hydrogens (tertiary/aromatic N) is 1. The maximum atomic E-state index is 13.1. The van der Waals surface area contributed by atoms with Crippen LogP contribution in [-0.4, -0.2) is 27.3 Å². The molecule has 3 N–H and O–H groups in total. The van der Waals surface area contributed by atoms with Crippen LogP contribution in [0.1, 0.15) is 0 Å². The Morgan fingerprint density at radius 3 is 2.80 bits per heavy atom. The van der Waals surface area contributed by atoms with Gasteiger partial charge < -0.3 is 19.2 Å². The fourth-order valence-electron chi connectivity index (χ4n) is 3.93. The van der Waals surface area contributed by atoms with Crippen molar-refractivity contribution in [2.45, 2.75) is 0 Å². The topological polar surface area (TPSA) is 117 Å². The fourth-order valence-corrected chi connectivity index (χ4v) is 3.93. The minimum atomic E-state index is -0.268. The van der Waals surface area contributed by atoms with Crippen molar-refractivity contribution in [2.75, 3.05) is 7.11 Å². The lowest BCUT2D eigenvalue weighted by Gasteiger charge is -2.07. The molecule has 0 unspecified atom stereocenters. The van der Waals surface area contributed by atoms with Crippen molar-refractivity contribution >= 4 is 44.0 Å². The highest BCUT2D eigenvalue weighted by atomic mass is 16.5. The summed E-state index contributed by atoms with van der Waals surface area (Å²) in [5.41, 5.74) is 3.35. The van der Waals surface area contributed by atoms with E-state index in [0.717, 1.165) is 5.39 Å². The lowest BCUT2D eigenvalue weighted by atomic mass is 10.0. The molecule has 0 bridgehead atoms. The Morgan fingerprint density at radius 1 is 1.03 bits per heavy atom. The lowest BCUT2D eigenvalue weighted by molar-refractivity contribution is 0.415. The van der Waals surface area contributed by atoms with E-state index in [0.29, 0.717) is 55.5 Å². The predicted molar refractivity (Wildman–Crippen MR) is 114 cm³/mol. The van der Waals surface area contributed by atoms with Crippen LogP contribution in [0.4, 0.5) is 0 Å².